The van der Waals surface area contributed by atoms with Gasteiger partial charge in [-0.05, 0) is 38.5 Å². The molecule has 1 aromatic carbocycles. The third kappa shape index (κ3) is 5.14. The summed E-state index contributed by atoms with van der Waals surface area (Å²) in [5, 5.41) is 0. The highest BCUT2D eigenvalue weighted by Crippen LogP contribution is 2.36. The van der Waals surface area contributed by atoms with Gasteiger partial charge in [-0.15, -0.1) is 0 Å². The molecule has 1 saturated heterocycles. The van der Waals surface area contributed by atoms with E-state index in [1.54, 1.807) is 32.9 Å². The van der Waals surface area contributed by atoms with E-state index in [1.165, 1.54) is 19.2 Å². The van der Waals surface area contributed by atoms with Crippen LogP contribution in [0.4, 0.5) is 13.6 Å². The zero-order valence-electron chi connectivity index (χ0n) is 14.8. The highest BCUT2D eigenvalue weighted by Gasteiger charge is 2.43. The number of esters is 1. The van der Waals surface area contributed by atoms with Crippen molar-refractivity contribution >= 4 is 12.1 Å². The Kier molecular flexibility index (Phi) is 5.34. The van der Waals surface area contributed by atoms with E-state index in [0.717, 1.165) is 4.90 Å². The minimum absolute atomic E-state index is 0.141. The monoisotopic (exact) mass is 355 g/mol. The fourth-order valence-electron chi connectivity index (χ4n) is 2.80. The van der Waals surface area contributed by atoms with Crippen LogP contribution in [0.2, 0.25) is 0 Å². The van der Waals surface area contributed by atoms with Crippen molar-refractivity contribution in [2.24, 2.45) is 0 Å². The summed E-state index contributed by atoms with van der Waals surface area (Å²) >= 11 is 0. The Bertz CT molecular complexity index is 637. The molecule has 1 atom stereocenters. The van der Waals surface area contributed by atoms with Crippen molar-refractivity contribution in [1.82, 2.24) is 4.90 Å². The standard InChI is InChI=1S/C18H23F2NO4/c1-17(2,3)25-16(23)21-10-14(9-18(19,20)11-21)12-5-7-13(8-6-12)15(22)24-4/h5-8,14H,9-11H2,1-4H3/t14-/m0/s1. The first-order chi connectivity index (χ1) is 11.5. The lowest BCUT2D eigenvalue weighted by atomic mass is 9.88. The van der Waals surface area contributed by atoms with E-state index in [9.17, 15) is 18.4 Å². The molecule has 0 unspecified atom stereocenters. The van der Waals surface area contributed by atoms with Crippen molar-refractivity contribution in [2.45, 2.75) is 44.6 Å². The van der Waals surface area contributed by atoms with Gasteiger partial charge < -0.3 is 14.4 Å². The fourth-order valence-corrected chi connectivity index (χ4v) is 2.80. The smallest absolute Gasteiger partial charge is 0.410 e. The topological polar surface area (TPSA) is 55.8 Å². The molecule has 0 radical (unpaired) electrons. The molecule has 0 bridgehead atoms. The van der Waals surface area contributed by atoms with Crippen molar-refractivity contribution < 1.29 is 27.8 Å². The van der Waals surface area contributed by atoms with Gasteiger partial charge in [0.25, 0.3) is 5.92 Å². The number of methoxy groups -OCH3 is 1. The molecule has 2 rings (SSSR count). The van der Waals surface area contributed by atoms with Crippen LogP contribution in [0, 0.1) is 0 Å². The molecule has 0 aromatic heterocycles. The molecule has 1 aromatic rings. The van der Waals surface area contributed by atoms with E-state index in [0.29, 0.717) is 11.1 Å². The van der Waals surface area contributed by atoms with E-state index < -0.39 is 36.0 Å². The van der Waals surface area contributed by atoms with E-state index in [4.69, 9.17) is 4.74 Å². The van der Waals surface area contributed by atoms with Gasteiger partial charge in [-0.3, -0.25) is 0 Å². The van der Waals surface area contributed by atoms with Crippen LogP contribution in [0.25, 0.3) is 0 Å². The molecular formula is C18H23F2NO4. The number of likely N-dealkylation sites (tertiary alicyclic amines) is 1. The summed E-state index contributed by atoms with van der Waals surface area (Å²) in [6, 6.07) is 6.30. The number of carbonyl (C=O) groups excluding carboxylic acids is 2. The predicted octanol–water partition coefficient (Wildman–Crippen LogP) is 3.83. The van der Waals surface area contributed by atoms with Gasteiger partial charge in [-0.2, -0.15) is 0 Å². The summed E-state index contributed by atoms with van der Waals surface area (Å²) in [6.45, 7) is 4.56. The number of hydrogen-bond acceptors (Lipinski definition) is 4. The van der Waals surface area contributed by atoms with Gasteiger partial charge in [0.15, 0.2) is 0 Å². The maximum atomic E-state index is 14.1. The van der Waals surface area contributed by atoms with Crippen LogP contribution in [0.3, 0.4) is 0 Å². The number of alkyl halides is 2. The number of ether oxygens (including phenoxy) is 2. The van der Waals surface area contributed by atoms with E-state index in [1.807, 2.05) is 0 Å². The normalized spacial score (nSPS) is 20.1. The molecular weight excluding hydrogens is 332 g/mol. The molecule has 1 aliphatic heterocycles. The van der Waals surface area contributed by atoms with Crippen LogP contribution in [0.5, 0.6) is 0 Å². The van der Waals surface area contributed by atoms with Gasteiger partial charge in [0, 0.05) is 18.9 Å². The second kappa shape index (κ2) is 6.98. The van der Waals surface area contributed by atoms with E-state index in [2.05, 4.69) is 4.74 Å². The molecule has 0 spiro atoms. The predicted molar refractivity (Wildman–Crippen MR) is 87.9 cm³/mol. The minimum atomic E-state index is -3.00. The Labute approximate surface area is 145 Å². The summed E-state index contributed by atoms with van der Waals surface area (Å²) in [5.74, 6) is -4.03. The molecule has 7 heteroatoms. The Hall–Kier alpha value is -2.18. The molecule has 0 aliphatic carbocycles. The molecule has 1 fully saturated rings. The van der Waals surface area contributed by atoms with Gasteiger partial charge in [-0.1, -0.05) is 12.1 Å². The van der Waals surface area contributed by atoms with Gasteiger partial charge in [0.05, 0.1) is 19.2 Å². The quantitative estimate of drug-likeness (QED) is 0.757. The van der Waals surface area contributed by atoms with Gasteiger partial charge in [0.2, 0.25) is 0 Å². The second-order valence-electron chi connectivity index (χ2n) is 7.23. The van der Waals surface area contributed by atoms with Gasteiger partial charge in [-0.25, -0.2) is 18.4 Å². The molecule has 138 valence electrons. The number of amides is 1. The van der Waals surface area contributed by atoms with Crippen LogP contribution < -0.4 is 0 Å². The maximum Gasteiger partial charge on any atom is 0.410 e. The average Bonchev–Trinajstić information content (AvgIpc) is 2.51. The van der Waals surface area contributed by atoms with Crippen LogP contribution in [-0.2, 0) is 9.47 Å². The Morgan fingerprint density at radius 1 is 1.20 bits per heavy atom. The van der Waals surface area contributed by atoms with Crippen LogP contribution in [0.1, 0.15) is 49.0 Å². The van der Waals surface area contributed by atoms with Crippen molar-refractivity contribution in [3.05, 3.63) is 35.4 Å². The molecule has 0 saturated carbocycles. The fraction of sp³-hybridized carbons (Fsp3) is 0.556. The van der Waals surface area contributed by atoms with E-state index >= 15 is 0 Å². The number of halogens is 2. The molecule has 1 aliphatic rings. The lowest BCUT2D eigenvalue weighted by molar-refractivity contribution is -0.0755. The highest BCUT2D eigenvalue weighted by atomic mass is 19.3. The zero-order chi connectivity index (χ0) is 18.8. The zero-order valence-corrected chi connectivity index (χ0v) is 14.8. The first kappa shape index (κ1) is 19.1. The lowest BCUT2D eigenvalue weighted by Crippen LogP contribution is -2.50. The van der Waals surface area contributed by atoms with Gasteiger partial charge >= 0.3 is 12.1 Å². The van der Waals surface area contributed by atoms with Crippen LogP contribution in [0.15, 0.2) is 24.3 Å². The van der Waals surface area contributed by atoms with E-state index in [-0.39, 0.29) is 13.0 Å². The number of piperidine rings is 1. The number of hydrogen-bond donors (Lipinski definition) is 0. The minimum Gasteiger partial charge on any atom is -0.465 e. The SMILES string of the molecule is COC(=O)c1ccc([C@@H]2CN(C(=O)OC(C)(C)C)CC(F)(F)C2)cc1. The number of benzene rings is 1. The third-order valence-electron chi connectivity index (χ3n) is 3.86. The Balaban J connectivity index is 2.17. The van der Waals surface area contributed by atoms with Crippen molar-refractivity contribution in [3.8, 4) is 0 Å². The largest absolute Gasteiger partial charge is 0.465 e. The number of rotatable bonds is 2. The molecule has 5 nitrogen and oxygen atoms in total. The molecule has 0 N–H and O–H groups in total. The average molecular weight is 355 g/mol. The summed E-state index contributed by atoms with van der Waals surface area (Å²) < 4.78 is 38.1. The Morgan fingerprint density at radius 3 is 2.32 bits per heavy atom. The molecule has 1 amide bonds. The lowest BCUT2D eigenvalue weighted by Gasteiger charge is -2.38. The van der Waals surface area contributed by atoms with Crippen LogP contribution >= 0.6 is 0 Å². The van der Waals surface area contributed by atoms with Crippen LogP contribution in [-0.4, -0.2) is 48.7 Å². The first-order valence-corrected chi connectivity index (χ1v) is 8.05. The highest BCUT2D eigenvalue weighted by molar-refractivity contribution is 5.89. The summed E-state index contributed by atoms with van der Waals surface area (Å²) in [4.78, 5) is 24.7. The van der Waals surface area contributed by atoms with Crippen molar-refractivity contribution in [1.29, 1.82) is 0 Å². The second-order valence-corrected chi connectivity index (χ2v) is 7.23. The van der Waals surface area contributed by atoms with Crippen molar-refractivity contribution in [2.75, 3.05) is 20.2 Å². The summed E-state index contributed by atoms with van der Waals surface area (Å²) in [7, 11) is 1.27. The third-order valence-corrected chi connectivity index (χ3v) is 3.86. The molecule has 25 heavy (non-hydrogen) atoms. The Morgan fingerprint density at radius 2 is 1.80 bits per heavy atom. The summed E-state index contributed by atoms with van der Waals surface area (Å²) in [5.41, 5.74) is 0.236. The number of nitrogens with zero attached hydrogens (tertiary/aromatic N) is 1. The first-order valence-electron chi connectivity index (χ1n) is 8.05. The number of carbonyl (C=O) groups is 2. The maximum absolute atomic E-state index is 14.1. The summed E-state index contributed by atoms with van der Waals surface area (Å²) in [6.07, 6.45) is -1.10. The van der Waals surface area contributed by atoms with Crippen molar-refractivity contribution in [3.63, 3.8) is 0 Å². The molecule has 1 heterocycles. The van der Waals surface area contributed by atoms with Gasteiger partial charge in [0.1, 0.15) is 5.60 Å².